The number of benzene rings is 1. The van der Waals surface area contributed by atoms with Gasteiger partial charge in [-0.25, -0.2) is 0 Å². The molecule has 1 aromatic rings. The number of rotatable bonds is 17. The fraction of sp³-hybridized carbons (Fsp3) is 0.812. The van der Waals surface area contributed by atoms with Crippen molar-refractivity contribution in [2.24, 2.45) is 16.6 Å². The molecular formula is C32H58N2. The Kier molecular flexibility index (Phi) is 13.0. The van der Waals surface area contributed by atoms with Crippen LogP contribution in [-0.4, -0.2) is 6.04 Å². The van der Waals surface area contributed by atoms with Crippen molar-refractivity contribution in [3.05, 3.63) is 29.8 Å². The first kappa shape index (κ1) is 29.2. The van der Waals surface area contributed by atoms with Gasteiger partial charge in [0, 0.05) is 11.7 Å². The molecular weight excluding hydrogens is 412 g/mol. The fourth-order valence-corrected chi connectivity index (χ4v) is 7.15. The number of nitrogen functional groups attached to an aromatic ring is 1. The highest BCUT2D eigenvalue weighted by atomic mass is 14.8. The van der Waals surface area contributed by atoms with Crippen LogP contribution < -0.4 is 11.5 Å². The molecule has 0 radical (unpaired) electrons. The van der Waals surface area contributed by atoms with E-state index in [2.05, 4.69) is 52.0 Å². The van der Waals surface area contributed by atoms with Gasteiger partial charge in [-0.1, -0.05) is 117 Å². The summed E-state index contributed by atoms with van der Waals surface area (Å²) in [6.07, 6.45) is 23.7. The van der Waals surface area contributed by atoms with E-state index >= 15 is 0 Å². The van der Waals surface area contributed by atoms with E-state index in [0.717, 1.165) is 5.69 Å². The van der Waals surface area contributed by atoms with Crippen LogP contribution in [0, 0.1) is 10.8 Å². The molecule has 1 saturated carbocycles. The SMILES string of the molecule is CCCCCC1(CCCCC)CC(c2ccc(N)cc2)CC(CCCCC)(CCCCC)C1N. The molecule has 1 aliphatic rings. The topological polar surface area (TPSA) is 52.0 Å². The molecule has 4 N–H and O–H groups in total. The summed E-state index contributed by atoms with van der Waals surface area (Å²) in [6.45, 7) is 9.34. The Morgan fingerprint density at radius 1 is 0.618 bits per heavy atom. The third kappa shape index (κ3) is 8.00. The molecule has 1 aromatic carbocycles. The van der Waals surface area contributed by atoms with Crippen molar-refractivity contribution >= 4 is 5.69 Å². The lowest BCUT2D eigenvalue weighted by molar-refractivity contribution is -0.0198. The lowest BCUT2D eigenvalue weighted by atomic mass is 9.49. The zero-order chi connectivity index (χ0) is 24.9. The van der Waals surface area contributed by atoms with E-state index in [1.165, 1.54) is 121 Å². The highest BCUT2D eigenvalue weighted by molar-refractivity contribution is 5.40. The maximum atomic E-state index is 7.57. The zero-order valence-corrected chi connectivity index (χ0v) is 23.3. The molecule has 0 saturated heterocycles. The van der Waals surface area contributed by atoms with Gasteiger partial charge in [-0.15, -0.1) is 0 Å². The van der Waals surface area contributed by atoms with Crippen LogP contribution in [0.4, 0.5) is 5.69 Å². The van der Waals surface area contributed by atoms with E-state index < -0.39 is 0 Å². The Bertz CT molecular complexity index is 595. The first-order valence-electron chi connectivity index (χ1n) is 15.1. The molecule has 1 fully saturated rings. The summed E-state index contributed by atoms with van der Waals surface area (Å²) in [5.74, 6) is 0.618. The number of unbranched alkanes of at least 4 members (excludes halogenated alkanes) is 8. The monoisotopic (exact) mass is 470 g/mol. The molecule has 0 heterocycles. The second kappa shape index (κ2) is 15.2. The molecule has 2 heteroatoms. The van der Waals surface area contributed by atoms with E-state index in [-0.39, 0.29) is 10.8 Å². The van der Waals surface area contributed by atoms with E-state index in [9.17, 15) is 0 Å². The molecule has 2 rings (SSSR count). The number of hydrogen-bond donors (Lipinski definition) is 2. The third-order valence-electron chi connectivity index (χ3n) is 9.15. The first-order chi connectivity index (χ1) is 16.5. The smallest absolute Gasteiger partial charge is 0.0314 e. The van der Waals surface area contributed by atoms with Crippen molar-refractivity contribution in [2.75, 3.05) is 5.73 Å². The Labute approximate surface area is 213 Å². The molecule has 0 amide bonds. The molecule has 0 unspecified atom stereocenters. The summed E-state index contributed by atoms with van der Waals surface area (Å²) in [5.41, 5.74) is 16.6. The van der Waals surface area contributed by atoms with Crippen molar-refractivity contribution in [3.8, 4) is 0 Å². The van der Waals surface area contributed by atoms with Crippen molar-refractivity contribution in [3.63, 3.8) is 0 Å². The summed E-state index contributed by atoms with van der Waals surface area (Å²) in [5, 5.41) is 0. The van der Waals surface area contributed by atoms with Gasteiger partial charge >= 0.3 is 0 Å². The van der Waals surface area contributed by atoms with Crippen LogP contribution in [0.15, 0.2) is 24.3 Å². The Morgan fingerprint density at radius 2 is 0.971 bits per heavy atom. The minimum absolute atomic E-state index is 0.285. The summed E-state index contributed by atoms with van der Waals surface area (Å²) >= 11 is 0. The van der Waals surface area contributed by atoms with Crippen LogP contribution in [0.1, 0.15) is 155 Å². The van der Waals surface area contributed by atoms with Crippen LogP contribution in [0.2, 0.25) is 0 Å². The van der Waals surface area contributed by atoms with Crippen LogP contribution in [0.25, 0.3) is 0 Å². The van der Waals surface area contributed by atoms with Crippen LogP contribution in [0.5, 0.6) is 0 Å². The molecule has 0 bridgehead atoms. The van der Waals surface area contributed by atoms with Gasteiger partial charge < -0.3 is 11.5 Å². The van der Waals surface area contributed by atoms with E-state index in [1.807, 2.05) is 0 Å². The first-order valence-corrected chi connectivity index (χ1v) is 15.1. The minimum atomic E-state index is 0.285. The third-order valence-corrected chi connectivity index (χ3v) is 9.15. The highest BCUT2D eigenvalue weighted by Crippen LogP contribution is 2.59. The lowest BCUT2D eigenvalue weighted by Crippen LogP contribution is -2.58. The standard InChI is InChI=1S/C32H58N2/c1-5-9-13-21-31(22-14-10-6-2)25-28(27-17-19-29(33)20-18-27)26-32(30(31)34,23-15-11-7-3)24-16-12-8-4/h17-20,28,30H,5-16,21-26,33-34H2,1-4H3. The van der Waals surface area contributed by atoms with Crippen LogP contribution in [-0.2, 0) is 0 Å². The summed E-state index contributed by atoms with van der Waals surface area (Å²) < 4.78 is 0. The predicted molar refractivity (Wildman–Crippen MR) is 152 cm³/mol. The van der Waals surface area contributed by atoms with Gasteiger partial charge in [0.1, 0.15) is 0 Å². The van der Waals surface area contributed by atoms with Gasteiger partial charge in [0.25, 0.3) is 0 Å². The van der Waals surface area contributed by atoms with E-state index in [4.69, 9.17) is 11.5 Å². The van der Waals surface area contributed by atoms with Gasteiger partial charge in [0.05, 0.1) is 0 Å². The summed E-state index contributed by atoms with van der Waals surface area (Å²) in [4.78, 5) is 0. The van der Waals surface area contributed by atoms with Gasteiger partial charge in [-0.05, 0) is 73.0 Å². The summed E-state index contributed by atoms with van der Waals surface area (Å²) in [7, 11) is 0. The van der Waals surface area contributed by atoms with Gasteiger partial charge in [0.2, 0.25) is 0 Å². The molecule has 2 nitrogen and oxygen atoms in total. The van der Waals surface area contributed by atoms with Gasteiger partial charge in [-0.2, -0.15) is 0 Å². The fourth-order valence-electron chi connectivity index (χ4n) is 7.15. The Hall–Kier alpha value is -1.02. The second-order valence-corrected chi connectivity index (χ2v) is 11.8. The molecule has 0 atom stereocenters. The number of nitrogens with two attached hydrogens (primary N) is 2. The molecule has 0 aromatic heterocycles. The van der Waals surface area contributed by atoms with Crippen molar-refractivity contribution in [1.82, 2.24) is 0 Å². The lowest BCUT2D eigenvalue weighted by Gasteiger charge is -2.57. The average Bonchev–Trinajstić information content (AvgIpc) is 2.83. The van der Waals surface area contributed by atoms with Gasteiger partial charge in [0.15, 0.2) is 0 Å². The quantitative estimate of drug-likeness (QED) is 0.176. The van der Waals surface area contributed by atoms with Crippen molar-refractivity contribution < 1.29 is 0 Å². The maximum absolute atomic E-state index is 7.57. The molecule has 34 heavy (non-hydrogen) atoms. The number of hydrogen-bond acceptors (Lipinski definition) is 2. The molecule has 1 aliphatic carbocycles. The van der Waals surface area contributed by atoms with Crippen LogP contribution >= 0.6 is 0 Å². The van der Waals surface area contributed by atoms with Crippen LogP contribution in [0.3, 0.4) is 0 Å². The second-order valence-electron chi connectivity index (χ2n) is 11.8. The molecule has 0 aliphatic heterocycles. The Morgan fingerprint density at radius 3 is 1.29 bits per heavy atom. The van der Waals surface area contributed by atoms with E-state index in [0.29, 0.717) is 12.0 Å². The van der Waals surface area contributed by atoms with Gasteiger partial charge in [-0.3, -0.25) is 0 Å². The maximum Gasteiger partial charge on any atom is 0.0314 e. The van der Waals surface area contributed by atoms with Crippen molar-refractivity contribution in [1.29, 1.82) is 0 Å². The normalized spacial score (nSPS) is 21.6. The predicted octanol–water partition coefficient (Wildman–Crippen LogP) is 9.77. The largest absolute Gasteiger partial charge is 0.399 e. The Balaban J connectivity index is 2.48. The summed E-state index contributed by atoms with van der Waals surface area (Å²) in [6, 6.07) is 9.23. The zero-order valence-electron chi connectivity index (χ0n) is 23.3. The average molecular weight is 471 g/mol. The minimum Gasteiger partial charge on any atom is -0.399 e. The van der Waals surface area contributed by atoms with Crippen molar-refractivity contribution in [2.45, 2.75) is 155 Å². The molecule has 196 valence electrons. The van der Waals surface area contributed by atoms with E-state index in [1.54, 1.807) is 0 Å². The molecule has 0 spiro atoms. The highest BCUT2D eigenvalue weighted by Gasteiger charge is 2.53. The number of anilines is 1.